The van der Waals surface area contributed by atoms with Gasteiger partial charge in [-0.3, -0.25) is 0 Å². The fraction of sp³-hybridized carbons (Fsp3) is 0.583. The van der Waals surface area contributed by atoms with Gasteiger partial charge in [-0.15, -0.1) is 11.3 Å². The van der Waals surface area contributed by atoms with E-state index < -0.39 is 0 Å². The second-order valence-electron chi connectivity index (χ2n) is 3.88. The lowest BCUT2D eigenvalue weighted by Gasteiger charge is -2.18. The molecule has 0 aliphatic carbocycles. The fourth-order valence-corrected chi connectivity index (χ4v) is 2.35. The maximum absolute atomic E-state index is 8.75. The van der Waals surface area contributed by atoms with Crippen LogP contribution in [0, 0.1) is 11.3 Å². The molecular weight excluding hydrogens is 220 g/mol. The van der Waals surface area contributed by atoms with Crippen molar-refractivity contribution in [2.24, 2.45) is 0 Å². The van der Waals surface area contributed by atoms with Gasteiger partial charge in [-0.1, -0.05) is 0 Å². The van der Waals surface area contributed by atoms with Crippen molar-refractivity contribution in [1.29, 1.82) is 5.26 Å². The zero-order valence-corrected chi connectivity index (χ0v) is 10.8. The minimum Gasteiger partial charge on any atom is -0.385 e. The fourth-order valence-electron chi connectivity index (χ4n) is 1.53. The normalized spacial score (nSPS) is 14.4. The Hall–Kier alpha value is -0.890. The Morgan fingerprint density at radius 3 is 2.81 bits per heavy atom. The lowest BCUT2D eigenvalue weighted by atomic mass is 10.2. The summed E-state index contributed by atoms with van der Waals surface area (Å²) in [6.45, 7) is 5.04. The molecule has 0 saturated heterocycles. The summed E-state index contributed by atoms with van der Waals surface area (Å²) < 4.78 is 5.04. The van der Waals surface area contributed by atoms with Gasteiger partial charge in [0.25, 0.3) is 0 Å². The third kappa shape index (κ3) is 3.93. The lowest BCUT2D eigenvalue weighted by molar-refractivity contribution is 0.183. The highest BCUT2D eigenvalue weighted by atomic mass is 32.1. The summed E-state index contributed by atoms with van der Waals surface area (Å²) in [6, 6.07) is 6.76. The topological polar surface area (TPSA) is 45.0 Å². The number of ether oxygens (including phenoxy) is 1. The number of nitrogens with one attached hydrogen (secondary N) is 1. The highest BCUT2D eigenvalue weighted by Crippen LogP contribution is 2.22. The number of hydrogen-bond donors (Lipinski definition) is 1. The number of hydrogen-bond acceptors (Lipinski definition) is 4. The van der Waals surface area contributed by atoms with E-state index in [9.17, 15) is 0 Å². The van der Waals surface area contributed by atoms with Crippen LogP contribution < -0.4 is 5.32 Å². The van der Waals surface area contributed by atoms with Crippen LogP contribution in [0.15, 0.2) is 12.1 Å². The summed E-state index contributed by atoms with van der Waals surface area (Å²) in [5, 5.41) is 12.2. The van der Waals surface area contributed by atoms with Crippen molar-refractivity contribution in [3.63, 3.8) is 0 Å². The minimum atomic E-state index is 0.291. The highest BCUT2D eigenvalue weighted by molar-refractivity contribution is 7.12. The molecule has 0 amide bonds. The minimum absolute atomic E-state index is 0.291. The average molecular weight is 238 g/mol. The zero-order valence-electron chi connectivity index (χ0n) is 9.99. The Morgan fingerprint density at radius 2 is 2.25 bits per heavy atom. The first-order valence-corrected chi connectivity index (χ1v) is 6.23. The van der Waals surface area contributed by atoms with Gasteiger partial charge >= 0.3 is 0 Å². The van der Waals surface area contributed by atoms with Gasteiger partial charge in [0.05, 0.1) is 0 Å². The molecule has 0 fully saturated rings. The predicted molar refractivity (Wildman–Crippen MR) is 66.5 cm³/mol. The summed E-state index contributed by atoms with van der Waals surface area (Å²) in [7, 11) is 1.72. The van der Waals surface area contributed by atoms with E-state index in [1.165, 1.54) is 4.88 Å². The third-order valence-corrected chi connectivity index (χ3v) is 3.63. The van der Waals surface area contributed by atoms with E-state index in [-0.39, 0.29) is 0 Å². The first kappa shape index (κ1) is 13.2. The molecule has 3 nitrogen and oxygen atoms in total. The van der Waals surface area contributed by atoms with Gasteiger partial charge in [0.2, 0.25) is 0 Å². The van der Waals surface area contributed by atoms with Crippen LogP contribution in [0.4, 0.5) is 0 Å². The Morgan fingerprint density at radius 1 is 1.50 bits per heavy atom. The van der Waals surface area contributed by atoms with Gasteiger partial charge in [-0.05, 0) is 32.4 Å². The van der Waals surface area contributed by atoms with E-state index in [4.69, 9.17) is 10.00 Å². The van der Waals surface area contributed by atoms with Gasteiger partial charge in [-0.25, -0.2) is 0 Å². The monoisotopic (exact) mass is 238 g/mol. The lowest BCUT2D eigenvalue weighted by Crippen LogP contribution is -2.29. The van der Waals surface area contributed by atoms with Crippen LogP contribution in [0.25, 0.3) is 0 Å². The highest BCUT2D eigenvalue weighted by Gasteiger charge is 2.11. The molecule has 0 aliphatic rings. The molecule has 0 aromatic carbocycles. The van der Waals surface area contributed by atoms with Crippen molar-refractivity contribution in [2.75, 3.05) is 13.7 Å². The smallest absolute Gasteiger partial charge is 0.110 e. The van der Waals surface area contributed by atoms with Crippen LogP contribution in [-0.4, -0.2) is 19.8 Å². The Labute approximate surface area is 101 Å². The van der Waals surface area contributed by atoms with Crippen LogP contribution in [-0.2, 0) is 4.74 Å². The van der Waals surface area contributed by atoms with Crippen molar-refractivity contribution in [2.45, 2.75) is 32.4 Å². The van der Waals surface area contributed by atoms with Crippen molar-refractivity contribution in [1.82, 2.24) is 5.32 Å². The SMILES string of the molecule is COCCC(C)NC(C)c1ccc(C#N)s1. The van der Waals surface area contributed by atoms with Gasteiger partial charge in [0, 0.05) is 30.7 Å². The first-order valence-electron chi connectivity index (χ1n) is 5.42. The summed E-state index contributed by atoms with van der Waals surface area (Å²) in [5.74, 6) is 0. The van der Waals surface area contributed by atoms with Crippen molar-refractivity contribution < 1.29 is 4.74 Å². The van der Waals surface area contributed by atoms with E-state index in [2.05, 4.69) is 25.2 Å². The molecule has 0 saturated carbocycles. The van der Waals surface area contributed by atoms with Crippen LogP contribution >= 0.6 is 11.3 Å². The quantitative estimate of drug-likeness (QED) is 0.828. The standard InChI is InChI=1S/C12H18N2OS/c1-9(6-7-15-3)14-10(2)12-5-4-11(8-13)16-12/h4-5,9-10,14H,6-7H2,1-3H3. The summed E-state index contributed by atoms with van der Waals surface area (Å²) in [4.78, 5) is 1.98. The molecule has 1 N–H and O–H groups in total. The molecule has 1 rings (SSSR count). The third-order valence-electron chi connectivity index (χ3n) is 2.45. The van der Waals surface area contributed by atoms with E-state index in [0.29, 0.717) is 12.1 Å². The molecule has 2 unspecified atom stereocenters. The molecule has 1 aromatic heterocycles. The van der Waals surface area contributed by atoms with E-state index >= 15 is 0 Å². The molecule has 2 atom stereocenters. The van der Waals surface area contributed by atoms with Crippen molar-refractivity contribution in [3.8, 4) is 6.07 Å². The number of nitriles is 1. The van der Waals surface area contributed by atoms with Gasteiger partial charge in [-0.2, -0.15) is 5.26 Å². The molecule has 0 spiro atoms. The van der Waals surface area contributed by atoms with Crippen LogP contribution in [0.5, 0.6) is 0 Å². The largest absolute Gasteiger partial charge is 0.385 e. The Kier molecular flexibility index (Phi) is 5.47. The predicted octanol–water partition coefficient (Wildman–Crippen LogP) is 2.70. The second-order valence-corrected chi connectivity index (χ2v) is 5.00. The molecule has 16 heavy (non-hydrogen) atoms. The van der Waals surface area contributed by atoms with Gasteiger partial charge < -0.3 is 10.1 Å². The molecule has 0 radical (unpaired) electrons. The molecule has 0 bridgehead atoms. The Bertz CT molecular complexity index is 356. The van der Waals surface area contributed by atoms with Crippen molar-refractivity contribution in [3.05, 3.63) is 21.9 Å². The summed E-state index contributed by atoms with van der Waals surface area (Å²) >= 11 is 1.55. The number of rotatable bonds is 6. The van der Waals surface area contributed by atoms with Crippen LogP contribution in [0.2, 0.25) is 0 Å². The maximum atomic E-state index is 8.75. The van der Waals surface area contributed by atoms with E-state index in [1.807, 2.05) is 12.1 Å². The molecular formula is C12H18N2OS. The molecule has 88 valence electrons. The second kappa shape index (κ2) is 6.64. The van der Waals surface area contributed by atoms with Crippen molar-refractivity contribution >= 4 is 11.3 Å². The van der Waals surface area contributed by atoms with Crippen LogP contribution in [0.1, 0.15) is 36.1 Å². The first-order chi connectivity index (χ1) is 7.67. The van der Waals surface area contributed by atoms with E-state index in [0.717, 1.165) is 17.9 Å². The average Bonchev–Trinajstić information content (AvgIpc) is 2.74. The molecule has 1 aromatic rings. The Balaban J connectivity index is 2.45. The zero-order chi connectivity index (χ0) is 12.0. The molecule has 0 aliphatic heterocycles. The molecule has 1 heterocycles. The number of methoxy groups -OCH3 is 1. The van der Waals surface area contributed by atoms with Crippen LogP contribution in [0.3, 0.4) is 0 Å². The van der Waals surface area contributed by atoms with E-state index in [1.54, 1.807) is 18.4 Å². The number of nitrogens with zero attached hydrogens (tertiary/aromatic N) is 1. The van der Waals surface area contributed by atoms with Gasteiger partial charge in [0.15, 0.2) is 0 Å². The molecule has 4 heteroatoms. The summed E-state index contributed by atoms with van der Waals surface area (Å²) in [5.41, 5.74) is 0. The maximum Gasteiger partial charge on any atom is 0.110 e. The van der Waals surface area contributed by atoms with Gasteiger partial charge in [0.1, 0.15) is 10.9 Å². The summed E-state index contributed by atoms with van der Waals surface area (Å²) in [6.07, 6.45) is 0.997. The number of thiophene rings is 1.